The van der Waals surface area contributed by atoms with Crippen molar-refractivity contribution in [2.45, 2.75) is 13.0 Å². The molecule has 1 atom stereocenters. The Balaban J connectivity index is 1.75. The number of urea groups is 1. The van der Waals surface area contributed by atoms with E-state index in [1.165, 1.54) is 14.0 Å². The summed E-state index contributed by atoms with van der Waals surface area (Å²) in [4.78, 5) is 47.9. The van der Waals surface area contributed by atoms with Crippen molar-refractivity contribution in [3.05, 3.63) is 90.0 Å². The van der Waals surface area contributed by atoms with Gasteiger partial charge in [-0.1, -0.05) is 54.6 Å². The summed E-state index contributed by atoms with van der Waals surface area (Å²) in [7, 11) is 1.37. The molecule has 0 saturated heterocycles. The van der Waals surface area contributed by atoms with Crippen LogP contribution in [0.5, 0.6) is 5.75 Å². The van der Waals surface area contributed by atoms with Crippen LogP contribution >= 0.6 is 0 Å². The lowest BCUT2D eigenvalue weighted by Gasteiger charge is -2.17. The molecule has 3 aromatic rings. The second kappa shape index (κ2) is 10.7. The van der Waals surface area contributed by atoms with E-state index in [1.807, 2.05) is 0 Å². The molecular weight excluding hydrogens is 424 g/mol. The number of imide groups is 1. The zero-order valence-electron chi connectivity index (χ0n) is 18.0. The fraction of sp³-hybridized carbons (Fsp3) is 0.120. The molecule has 168 valence electrons. The van der Waals surface area contributed by atoms with Gasteiger partial charge in [0.1, 0.15) is 5.75 Å². The van der Waals surface area contributed by atoms with E-state index in [0.717, 1.165) is 11.1 Å². The van der Waals surface area contributed by atoms with Gasteiger partial charge in [-0.3, -0.25) is 14.9 Å². The molecule has 0 saturated carbocycles. The first-order valence-corrected chi connectivity index (χ1v) is 10.0. The van der Waals surface area contributed by atoms with Gasteiger partial charge in [-0.15, -0.1) is 0 Å². The Bertz CT molecular complexity index is 1140. The van der Waals surface area contributed by atoms with E-state index in [1.54, 1.807) is 78.9 Å². The van der Waals surface area contributed by atoms with Crippen molar-refractivity contribution in [2.24, 2.45) is 0 Å². The second-order valence-corrected chi connectivity index (χ2v) is 6.96. The molecule has 0 unspecified atom stereocenters. The molecule has 3 amide bonds. The van der Waals surface area contributed by atoms with Crippen molar-refractivity contribution in [1.29, 1.82) is 0 Å². The average Bonchev–Trinajstić information content (AvgIpc) is 2.83. The number of nitrogens with one attached hydrogen (secondary N) is 2. The van der Waals surface area contributed by atoms with Crippen LogP contribution in [0.4, 0.5) is 4.79 Å². The summed E-state index contributed by atoms with van der Waals surface area (Å²) in [5.41, 5.74) is 2.36. The Labute approximate surface area is 190 Å². The normalized spacial score (nSPS) is 11.1. The van der Waals surface area contributed by atoms with Crippen molar-refractivity contribution in [3.63, 3.8) is 0 Å². The molecule has 0 aliphatic carbocycles. The minimum Gasteiger partial charge on any atom is -0.444 e. The lowest BCUT2D eigenvalue weighted by molar-refractivity contribution is -0.132. The fourth-order valence-electron chi connectivity index (χ4n) is 3.00. The van der Waals surface area contributed by atoms with Gasteiger partial charge in [0.2, 0.25) is 6.10 Å². The Morgan fingerprint density at radius 2 is 1.36 bits per heavy atom. The van der Waals surface area contributed by atoms with Gasteiger partial charge < -0.3 is 14.8 Å². The van der Waals surface area contributed by atoms with Crippen LogP contribution in [0.3, 0.4) is 0 Å². The van der Waals surface area contributed by atoms with Gasteiger partial charge in [0.25, 0.3) is 5.91 Å². The molecule has 3 rings (SSSR count). The zero-order chi connectivity index (χ0) is 23.8. The molecule has 0 bridgehead atoms. The maximum absolute atomic E-state index is 12.7. The van der Waals surface area contributed by atoms with E-state index < -0.39 is 30.0 Å². The maximum Gasteiger partial charge on any atom is 0.339 e. The third-order valence-corrected chi connectivity index (χ3v) is 4.60. The molecule has 0 spiro atoms. The lowest BCUT2D eigenvalue weighted by Crippen LogP contribution is -2.41. The number of rotatable bonds is 6. The van der Waals surface area contributed by atoms with Crippen molar-refractivity contribution in [2.75, 3.05) is 7.05 Å². The molecule has 0 aliphatic heterocycles. The molecule has 0 fully saturated rings. The highest BCUT2D eigenvalue weighted by atomic mass is 16.5. The first-order chi connectivity index (χ1) is 15.9. The van der Waals surface area contributed by atoms with Gasteiger partial charge in [-0.2, -0.15) is 0 Å². The molecule has 8 nitrogen and oxygen atoms in total. The minimum atomic E-state index is -1.30. The monoisotopic (exact) mass is 446 g/mol. The maximum atomic E-state index is 12.7. The number of benzene rings is 3. The van der Waals surface area contributed by atoms with E-state index in [0.29, 0.717) is 11.3 Å². The summed E-state index contributed by atoms with van der Waals surface area (Å²) >= 11 is 0. The van der Waals surface area contributed by atoms with Gasteiger partial charge >= 0.3 is 18.0 Å². The highest BCUT2D eigenvalue weighted by molar-refractivity contribution is 5.99. The SMILES string of the molecule is CNC(=O)NC(=O)[C@H](OC(=O)c1ccc(-c2ccc(OC(C)=O)cc2)cc1)c1ccccc1. The van der Waals surface area contributed by atoms with E-state index in [-0.39, 0.29) is 5.56 Å². The van der Waals surface area contributed by atoms with Crippen LogP contribution in [0.2, 0.25) is 0 Å². The standard InChI is InChI=1S/C25H22N2O6/c1-16(28)32-21-14-12-18(13-15-21)17-8-10-20(11-9-17)24(30)33-22(19-6-4-3-5-7-19)23(29)27-25(31)26-2/h3-15,22H,1-2H3,(H2,26,27,29,31)/t22-/m1/s1. The Hall–Kier alpha value is -4.46. The lowest BCUT2D eigenvalue weighted by atomic mass is 10.0. The Kier molecular flexibility index (Phi) is 7.54. The zero-order valence-corrected chi connectivity index (χ0v) is 18.0. The van der Waals surface area contributed by atoms with Gasteiger partial charge in [0, 0.05) is 19.5 Å². The molecule has 0 aromatic heterocycles. The van der Waals surface area contributed by atoms with Crippen LogP contribution in [0, 0.1) is 0 Å². The van der Waals surface area contributed by atoms with Crippen molar-refractivity contribution in [3.8, 4) is 16.9 Å². The summed E-state index contributed by atoms with van der Waals surface area (Å²) in [6, 6.07) is 21.3. The van der Waals surface area contributed by atoms with E-state index in [4.69, 9.17) is 9.47 Å². The highest BCUT2D eigenvalue weighted by Gasteiger charge is 2.27. The topological polar surface area (TPSA) is 111 Å². The van der Waals surface area contributed by atoms with Gasteiger partial charge in [0.05, 0.1) is 5.56 Å². The van der Waals surface area contributed by atoms with E-state index in [2.05, 4.69) is 10.6 Å². The Morgan fingerprint density at radius 3 is 1.91 bits per heavy atom. The molecule has 8 heteroatoms. The average molecular weight is 446 g/mol. The number of esters is 2. The van der Waals surface area contributed by atoms with E-state index in [9.17, 15) is 19.2 Å². The molecule has 0 heterocycles. The first kappa shape index (κ1) is 23.2. The number of carbonyl (C=O) groups is 4. The number of carbonyl (C=O) groups excluding carboxylic acids is 4. The summed E-state index contributed by atoms with van der Waals surface area (Å²) in [5, 5.41) is 4.42. The van der Waals surface area contributed by atoms with Crippen LogP contribution in [0.1, 0.15) is 28.9 Å². The van der Waals surface area contributed by atoms with Crippen molar-refractivity contribution >= 4 is 23.9 Å². The predicted octanol–water partition coefficient (Wildman–Crippen LogP) is 3.63. The van der Waals surface area contributed by atoms with Gasteiger partial charge in [-0.05, 0) is 35.4 Å². The van der Waals surface area contributed by atoms with Crippen LogP contribution in [0.25, 0.3) is 11.1 Å². The third-order valence-electron chi connectivity index (χ3n) is 4.60. The third kappa shape index (κ3) is 6.27. The minimum absolute atomic E-state index is 0.240. The number of hydrogen-bond acceptors (Lipinski definition) is 6. The number of hydrogen-bond donors (Lipinski definition) is 2. The molecule has 33 heavy (non-hydrogen) atoms. The predicted molar refractivity (Wildman–Crippen MR) is 120 cm³/mol. The van der Waals surface area contributed by atoms with Gasteiger partial charge in [0.15, 0.2) is 0 Å². The molecule has 3 aromatic carbocycles. The first-order valence-electron chi connectivity index (χ1n) is 10.0. The quantitative estimate of drug-likeness (QED) is 0.442. The molecule has 0 radical (unpaired) electrons. The largest absolute Gasteiger partial charge is 0.444 e. The van der Waals surface area contributed by atoms with E-state index >= 15 is 0 Å². The van der Waals surface area contributed by atoms with Crippen LogP contribution in [-0.4, -0.2) is 30.9 Å². The summed E-state index contributed by atoms with van der Waals surface area (Å²) in [6.45, 7) is 1.33. The fourth-order valence-corrected chi connectivity index (χ4v) is 3.00. The highest BCUT2D eigenvalue weighted by Crippen LogP contribution is 2.24. The van der Waals surface area contributed by atoms with Crippen LogP contribution in [0.15, 0.2) is 78.9 Å². The summed E-state index contributed by atoms with van der Waals surface area (Å²) in [5.74, 6) is -1.44. The van der Waals surface area contributed by atoms with Crippen LogP contribution in [-0.2, 0) is 14.3 Å². The smallest absolute Gasteiger partial charge is 0.339 e. The van der Waals surface area contributed by atoms with Crippen LogP contribution < -0.4 is 15.4 Å². The number of ether oxygens (including phenoxy) is 2. The molecule has 0 aliphatic rings. The Morgan fingerprint density at radius 1 is 0.788 bits per heavy atom. The van der Waals surface area contributed by atoms with Crippen molar-refractivity contribution < 1.29 is 28.7 Å². The molecule has 2 N–H and O–H groups in total. The molecular formula is C25H22N2O6. The second-order valence-electron chi connectivity index (χ2n) is 6.96. The van der Waals surface area contributed by atoms with Crippen molar-refractivity contribution in [1.82, 2.24) is 10.6 Å². The summed E-state index contributed by atoms with van der Waals surface area (Å²) < 4.78 is 10.5. The summed E-state index contributed by atoms with van der Waals surface area (Å²) in [6.07, 6.45) is -1.30. The van der Waals surface area contributed by atoms with Gasteiger partial charge in [-0.25, -0.2) is 9.59 Å². The number of amides is 3.